The van der Waals surface area contributed by atoms with Crippen molar-refractivity contribution in [2.75, 3.05) is 12.4 Å². The molecule has 2 amide bonds. The standard InChI is InChI=1S/C18H19Cl2F2N3O2/c19-7-14(26)24-16(23)11-5-12-9-25(17(27)15(12)13(20)6-11)8-10-1-3-18(21,22)4-2-10/h5-6,10H,1-4,7-9H2,(H2,23,24,26). The van der Waals surface area contributed by atoms with Crippen molar-refractivity contribution in [3.8, 4) is 0 Å². The van der Waals surface area contributed by atoms with Gasteiger partial charge in [0, 0.05) is 31.5 Å². The molecule has 0 atom stereocenters. The fourth-order valence-electron chi connectivity index (χ4n) is 3.58. The number of halogens is 4. The molecule has 2 N–H and O–H groups in total. The van der Waals surface area contributed by atoms with E-state index >= 15 is 0 Å². The van der Waals surface area contributed by atoms with Crippen molar-refractivity contribution in [2.45, 2.75) is 38.2 Å². The number of carbonyl (C=O) groups excluding carboxylic acids is 2. The third-order valence-electron chi connectivity index (χ3n) is 5.00. The van der Waals surface area contributed by atoms with E-state index in [1.165, 1.54) is 6.07 Å². The van der Waals surface area contributed by atoms with E-state index in [0.29, 0.717) is 42.6 Å². The van der Waals surface area contributed by atoms with Crippen molar-refractivity contribution in [1.29, 1.82) is 0 Å². The molecule has 1 fully saturated rings. The molecule has 1 saturated carbocycles. The van der Waals surface area contributed by atoms with E-state index < -0.39 is 11.8 Å². The lowest BCUT2D eigenvalue weighted by molar-refractivity contribution is -0.115. The molecule has 1 aromatic rings. The summed E-state index contributed by atoms with van der Waals surface area (Å²) >= 11 is 11.7. The van der Waals surface area contributed by atoms with Crippen molar-refractivity contribution in [3.05, 3.63) is 33.8 Å². The second-order valence-corrected chi connectivity index (χ2v) is 7.68. The van der Waals surface area contributed by atoms with Crippen LogP contribution >= 0.6 is 23.2 Å². The number of amides is 2. The quantitative estimate of drug-likeness (QED) is 0.461. The molecule has 5 nitrogen and oxygen atoms in total. The van der Waals surface area contributed by atoms with Crippen LogP contribution in [-0.2, 0) is 11.3 Å². The maximum Gasteiger partial charge on any atom is 0.262 e. The van der Waals surface area contributed by atoms with Gasteiger partial charge in [-0.3, -0.25) is 9.59 Å². The SMILES string of the molecule is NC(=NC(=O)CCl)c1cc(Cl)c2c(c1)CN(CC1CCC(F)(F)CC1)C2=O. The molecule has 2 aliphatic rings. The van der Waals surface area contributed by atoms with Crippen LogP contribution in [-0.4, -0.2) is 40.9 Å². The average Bonchev–Trinajstić information content (AvgIpc) is 2.92. The topological polar surface area (TPSA) is 75.8 Å². The molecule has 0 spiro atoms. The van der Waals surface area contributed by atoms with Gasteiger partial charge in [0.1, 0.15) is 11.7 Å². The normalized spacial score (nSPS) is 20.1. The second kappa shape index (κ2) is 7.72. The van der Waals surface area contributed by atoms with Gasteiger partial charge in [0.05, 0.1) is 10.6 Å². The Bertz CT molecular complexity index is 804. The summed E-state index contributed by atoms with van der Waals surface area (Å²) in [6.45, 7) is 0.745. The highest BCUT2D eigenvalue weighted by Gasteiger charge is 2.37. The molecule has 1 heterocycles. The van der Waals surface area contributed by atoms with Crippen molar-refractivity contribution in [2.24, 2.45) is 16.6 Å². The summed E-state index contributed by atoms with van der Waals surface area (Å²) in [6.07, 6.45) is 0.511. The Balaban J connectivity index is 1.76. The number of hydrogen-bond donors (Lipinski definition) is 1. The van der Waals surface area contributed by atoms with Gasteiger partial charge in [0.2, 0.25) is 5.92 Å². The van der Waals surface area contributed by atoms with Gasteiger partial charge in [-0.2, -0.15) is 4.99 Å². The number of fused-ring (bicyclic) bond motifs is 1. The van der Waals surface area contributed by atoms with Gasteiger partial charge in [-0.1, -0.05) is 11.6 Å². The van der Waals surface area contributed by atoms with E-state index in [-0.39, 0.29) is 41.4 Å². The highest BCUT2D eigenvalue weighted by Crippen LogP contribution is 2.38. The highest BCUT2D eigenvalue weighted by atomic mass is 35.5. The van der Waals surface area contributed by atoms with Crippen LogP contribution in [0.1, 0.15) is 47.2 Å². The van der Waals surface area contributed by atoms with Crippen LogP contribution in [0.15, 0.2) is 17.1 Å². The molecule has 3 rings (SSSR count). The summed E-state index contributed by atoms with van der Waals surface area (Å²) in [5.41, 5.74) is 7.32. The Kier molecular flexibility index (Phi) is 5.72. The minimum atomic E-state index is -2.59. The zero-order valence-electron chi connectivity index (χ0n) is 14.5. The minimum Gasteiger partial charge on any atom is -0.383 e. The first-order valence-corrected chi connectivity index (χ1v) is 9.54. The number of benzene rings is 1. The van der Waals surface area contributed by atoms with Gasteiger partial charge in [0.25, 0.3) is 11.8 Å². The molecule has 1 aliphatic heterocycles. The van der Waals surface area contributed by atoms with E-state index in [2.05, 4.69) is 4.99 Å². The van der Waals surface area contributed by atoms with Crippen molar-refractivity contribution < 1.29 is 18.4 Å². The number of carbonyl (C=O) groups is 2. The third-order valence-corrected chi connectivity index (χ3v) is 5.53. The fourth-order valence-corrected chi connectivity index (χ4v) is 3.96. The Labute approximate surface area is 165 Å². The molecule has 0 unspecified atom stereocenters. The number of nitrogens with two attached hydrogens (primary N) is 1. The van der Waals surface area contributed by atoms with Crippen LogP contribution < -0.4 is 5.73 Å². The van der Waals surface area contributed by atoms with Gasteiger partial charge in [-0.15, -0.1) is 11.6 Å². The lowest BCUT2D eigenvalue weighted by atomic mass is 9.86. The van der Waals surface area contributed by atoms with Gasteiger partial charge >= 0.3 is 0 Å². The molecular formula is C18H19Cl2F2N3O2. The maximum absolute atomic E-state index is 13.3. The molecule has 0 saturated heterocycles. The van der Waals surface area contributed by atoms with Crippen LogP contribution in [0.3, 0.4) is 0 Å². The Hall–Kier alpha value is -1.73. The van der Waals surface area contributed by atoms with Crippen LogP contribution in [0.5, 0.6) is 0 Å². The summed E-state index contributed by atoms with van der Waals surface area (Å²) in [7, 11) is 0. The van der Waals surface area contributed by atoms with Gasteiger partial charge in [-0.25, -0.2) is 8.78 Å². The summed E-state index contributed by atoms with van der Waals surface area (Å²) in [4.78, 5) is 29.3. The molecule has 0 radical (unpaired) electrons. The van der Waals surface area contributed by atoms with Gasteiger partial charge in [0.15, 0.2) is 0 Å². The van der Waals surface area contributed by atoms with Crippen LogP contribution in [0.2, 0.25) is 5.02 Å². The molecular weight excluding hydrogens is 399 g/mol. The molecule has 9 heteroatoms. The van der Waals surface area contributed by atoms with Crippen LogP contribution in [0, 0.1) is 5.92 Å². The first kappa shape index (κ1) is 20.0. The Morgan fingerprint density at radius 2 is 2.00 bits per heavy atom. The van der Waals surface area contributed by atoms with E-state index in [1.807, 2.05) is 0 Å². The molecule has 1 aromatic carbocycles. The second-order valence-electron chi connectivity index (χ2n) is 7.00. The number of hydrogen-bond acceptors (Lipinski definition) is 2. The van der Waals surface area contributed by atoms with Crippen molar-refractivity contribution >= 4 is 40.9 Å². The van der Waals surface area contributed by atoms with Crippen LogP contribution in [0.25, 0.3) is 0 Å². The minimum absolute atomic E-state index is 0.0224. The van der Waals surface area contributed by atoms with Gasteiger partial charge in [-0.05, 0) is 36.5 Å². The largest absolute Gasteiger partial charge is 0.383 e. The number of alkyl halides is 3. The smallest absolute Gasteiger partial charge is 0.262 e. The number of rotatable bonds is 4. The van der Waals surface area contributed by atoms with Crippen molar-refractivity contribution in [3.63, 3.8) is 0 Å². The highest BCUT2D eigenvalue weighted by molar-refractivity contribution is 6.35. The predicted molar refractivity (Wildman–Crippen MR) is 99.5 cm³/mol. The van der Waals surface area contributed by atoms with E-state index in [0.717, 1.165) is 0 Å². The predicted octanol–water partition coefficient (Wildman–Crippen LogP) is 3.59. The van der Waals surface area contributed by atoms with E-state index in [1.54, 1.807) is 11.0 Å². The van der Waals surface area contributed by atoms with Crippen LogP contribution in [0.4, 0.5) is 8.78 Å². The zero-order valence-corrected chi connectivity index (χ0v) is 16.0. The Morgan fingerprint density at radius 3 is 2.63 bits per heavy atom. The number of aliphatic imine (C=N–C) groups is 1. The molecule has 1 aliphatic carbocycles. The number of amidine groups is 1. The maximum atomic E-state index is 13.3. The molecule has 27 heavy (non-hydrogen) atoms. The fraction of sp³-hybridized carbons (Fsp3) is 0.500. The summed E-state index contributed by atoms with van der Waals surface area (Å²) in [6, 6.07) is 3.16. The van der Waals surface area contributed by atoms with Gasteiger partial charge < -0.3 is 10.6 Å². The van der Waals surface area contributed by atoms with E-state index in [9.17, 15) is 18.4 Å². The summed E-state index contributed by atoms with van der Waals surface area (Å²) < 4.78 is 26.6. The average molecular weight is 418 g/mol. The summed E-state index contributed by atoms with van der Waals surface area (Å²) in [5.74, 6) is -3.64. The van der Waals surface area contributed by atoms with E-state index in [4.69, 9.17) is 28.9 Å². The third kappa shape index (κ3) is 4.41. The summed E-state index contributed by atoms with van der Waals surface area (Å²) in [5, 5.41) is 0.224. The Morgan fingerprint density at radius 1 is 1.33 bits per heavy atom. The lowest BCUT2D eigenvalue weighted by Gasteiger charge is -2.30. The monoisotopic (exact) mass is 417 g/mol. The molecule has 0 bridgehead atoms. The number of nitrogens with zero attached hydrogens (tertiary/aromatic N) is 2. The first-order valence-electron chi connectivity index (χ1n) is 8.63. The first-order chi connectivity index (χ1) is 12.7. The van der Waals surface area contributed by atoms with Crippen molar-refractivity contribution in [1.82, 2.24) is 4.90 Å². The lowest BCUT2D eigenvalue weighted by Crippen LogP contribution is -2.34. The zero-order chi connectivity index (χ0) is 19.8. The molecule has 146 valence electrons. The molecule has 0 aromatic heterocycles.